The number of hydrogen-bond donors (Lipinski definition) is 1. The van der Waals surface area contributed by atoms with Gasteiger partial charge in [0.25, 0.3) is 0 Å². The molecule has 1 aliphatic heterocycles. The standard InChI is InChI=1S/C18H27NO3/c1-17(2,3)16(20)22-18(11-5-6-12-19-13-18)14-7-9-15(21-4)10-8-14/h7-10,19H,5-6,11-13H2,1-4H3. The Kier molecular flexibility index (Phi) is 5.12. The predicted octanol–water partition coefficient (Wildman–Crippen LogP) is 3.25. The molecule has 1 aromatic rings. The minimum absolute atomic E-state index is 0.160. The van der Waals surface area contributed by atoms with Crippen LogP contribution in [0.1, 0.15) is 45.6 Å². The van der Waals surface area contributed by atoms with Gasteiger partial charge < -0.3 is 14.8 Å². The SMILES string of the molecule is COc1ccc(C2(OC(=O)C(C)(C)C)CCCCNC2)cc1. The average molecular weight is 305 g/mol. The van der Waals surface area contributed by atoms with Crippen LogP contribution < -0.4 is 10.1 Å². The van der Waals surface area contributed by atoms with E-state index in [1.807, 2.05) is 45.0 Å². The molecule has 22 heavy (non-hydrogen) atoms. The van der Waals surface area contributed by atoms with E-state index in [4.69, 9.17) is 9.47 Å². The van der Waals surface area contributed by atoms with E-state index in [-0.39, 0.29) is 5.97 Å². The average Bonchev–Trinajstić information content (AvgIpc) is 2.73. The van der Waals surface area contributed by atoms with Crippen molar-refractivity contribution in [3.05, 3.63) is 29.8 Å². The summed E-state index contributed by atoms with van der Waals surface area (Å²) in [4.78, 5) is 12.5. The maximum atomic E-state index is 12.5. The van der Waals surface area contributed by atoms with Gasteiger partial charge in [0.2, 0.25) is 0 Å². The van der Waals surface area contributed by atoms with E-state index < -0.39 is 11.0 Å². The molecule has 0 radical (unpaired) electrons. The Hall–Kier alpha value is -1.55. The fourth-order valence-corrected chi connectivity index (χ4v) is 2.66. The van der Waals surface area contributed by atoms with Crippen LogP contribution in [0.3, 0.4) is 0 Å². The van der Waals surface area contributed by atoms with Crippen LogP contribution in [-0.4, -0.2) is 26.2 Å². The van der Waals surface area contributed by atoms with E-state index in [1.165, 1.54) is 0 Å². The molecule has 122 valence electrons. The fourth-order valence-electron chi connectivity index (χ4n) is 2.66. The molecule has 0 bridgehead atoms. The van der Waals surface area contributed by atoms with Crippen molar-refractivity contribution < 1.29 is 14.3 Å². The molecule has 1 unspecified atom stereocenters. The van der Waals surface area contributed by atoms with Crippen LogP contribution in [0.15, 0.2) is 24.3 Å². The van der Waals surface area contributed by atoms with Crippen molar-refractivity contribution in [3.63, 3.8) is 0 Å². The molecule has 1 saturated heterocycles. The van der Waals surface area contributed by atoms with E-state index in [0.29, 0.717) is 6.54 Å². The van der Waals surface area contributed by atoms with Crippen molar-refractivity contribution in [2.45, 2.75) is 45.6 Å². The summed E-state index contributed by atoms with van der Waals surface area (Å²) in [5, 5.41) is 3.41. The zero-order chi connectivity index (χ0) is 16.2. The molecule has 1 heterocycles. The van der Waals surface area contributed by atoms with Gasteiger partial charge in [-0.15, -0.1) is 0 Å². The van der Waals surface area contributed by atoms with Crippen LogP contribution >= 0.6 is 0 Å². The van der Waals surface area contributed by atoms with Gasteiger partial charge in [-0.1, -0.05) is 12.1 Å². The van der Waals surface area contributed by atoms with Gasteiger partial charge in [-0.2, -0.15) is 0 Å². The smallest absolute Gasteiger partial charge is 0.312 e. The quantitative estimate of drug-likeness (QED) is 0.871. The van der Waals surface area contributed by atoms with Gasteiger partial charge in [-0.3, -0.25) is 4.79 Å². The number of ether oxygens (including phenoxy) is 2. The van der Waals surface area contributed by atoms with Crippen molar-refractivity contribution >= 4 is 5.97 Å². The molecule has 4 heteroatoms. The molecule has 1 N–H and O–H groups in total. The minimum Gasteiger partial charge on any atom is -0.497 e. The van der Waals surface area contributed by atoms with Gasteiger partial charge in [-0.25, -0.2) is 0 Å². The van der Waals surface area contributed by atoms with E-state index in [9.17, 15) is 4.79 Å². The molecule has 0 aromatic heterocycles. The molecule has 1 atom stereocenters. The Labute approximate surface area is 133 Å². The topological polar surface area (TPSA) is 47.6 Å². The molecule has 0 aliphatic carbocycles. The number of benzene rings is 1. The molecule has 1 aromatic carbocycles. The molecular weight excluding hydrogens is 278 g/mol. The van der Waals surface area contributed by atoms with Gasteiger partial charge in [0, 0.05) is 6.54 Å². The van der Waals surface area contributed by atoms with Gasteiger partial charge in [0.15, 0.2) is 0 Å². The molecule has 0 amide bonds. The van der Waals surface area contributed by atoms with E-state index in [0.717, 1.165) is 37.1 Å². The largest absolute Gasteiger partial charge is 0.497 e. The maximum Gasteiger partial charge on any atom is 0.312 e. The summed E-state index contributed by atoms with van der Waals surface area (Å²) in [5.41, 5.74) is -0.0702. The number of methoxy groups -OCH3 is 1. The van der Waals surface area contributed by atoms with Crippen LogP contribution in [-0.2, 0) is 15.1 Å². The second kappa shape index (κ2) is 6.69. The third-order valence-corrected chi connectivity index (χ3v) is 4.11. The molecule has 4 nitrogen and oxygen atoms in total. The second-order valence-corrected chi connectivity index (χ2v) is 7.00. The van der Waals surface area contributed by atoms with Gasteiger partial charge >= 0.3 is 5.97 Å². The van der Waals surface area contributed by atoms with Crippen LogP contribution in [0.25, 0.3) is 0 Å². The van der Waals surface area contributed by atoms with E-state index in [1.54, 1.807) is 7.11 Å². The van der Waals surface area contributed by atoms with Crippen LogP contribution in [0, 0.1) is 5.41 Å². The Morgan fingerprint density at radius 2 is 1.86 bits per heavy atom. The lowest BCUT2D eigenvalue weighted by Gasteiger charge is -2.35. The van der Waals surface area contributed by atoms with E-state index >= 15 is 0 Å². The Balaban J connectivity index is 2.33. The zero-order valence-corrected chi connectivity index (χ0v) is 14.1. The predicted molar refractivity (Wildman–Crippen MR) is 86.9 cm³/mol. The summed E-state index contributed by atoms with van der Waals surface area (Å²) in [6.07, 6.45) is 2.98. The summed E-state index contributed by atoms with van der Waals surface area (Å²) in [6, 6.07) is 7.85. The van der Waals surface area contributed by atoms with Crippen molar-refractivity contribution in [2.75, 3.05) is 20.2 Å². The summed E-state index contributed by atoms with van der Waals surface area (Å²) < 4.78 is 11.3. The first kappa shape index (κ1) is 16.8. The normalized spacial score (nSPS) is 22.7. The molecule has 1 aliphatic rings. The minimum atomic E-state index is -0.590. The molecule has 1 fully saturated rings. The van der Waals surface area contributed by atoms with Gasteiger partial charge in [-0.05, 0) is 64.3 Å². The van der Waals surface area contributed by atoms with Crippen LogP contribution in [0.5, 0.6) is 5.75 Å². The molecular formula is C18H27NO3. The molecule has 2 rings (SSSR count). The summed E-state index contributed by atoms with van der Waals surface area (Å²) in [5.74, 6) is 0.648. The highest BCUT2D eigenvalue weighted by molar-refractivity contribution is 5.76. The highest BCUT2D eigenvalue weighted by atomic mass is 16.6. The first-order chi connectivity index (χ1) is 10.4. The van der Waals surface area contributed by atoms with Crippen LogP contribution in [0.4, 0.5) is 0 Å². The maximum absolute atomic E-state index is 12.5. The second-order valence-electron chi connectivity index (χ2n) is 7.00. The summed E-state index contributed by atoms with van der Waals surface area (Å²) in [6.45, 7) is 7.29. The number of hydrogen-bond acceptors (Lipinski definition) is 4. The van der Waals surface area contributed by atoms with Crippen molar-refractivity contribution in [3.8, 4) is 5.75 Å². The van der Waals surface area contributed by atoms with Gasteiger partial charge in [0.1, 0.15) is 11.4 Å². The highest BCUT2D eigenvalue weighted by Gasteiger charge is 2.39. The lowest BCUT2D eigenvalue weighted by Crippen LogP contribution is -2.43. The molecule has 0 spiro atoms. The molecule has 0 saturated carbocycles. The third kappa shape index (κ3) is 3.80. The number of carbonyl (C=O) groups excluding carboxylic acids is 1. The van der Waals surface area contributed by atoms with Crippen LogP contribution in [0.2, 0.25) is 0 Å². The lowest BCUT2D eigenvalue weighted by molar-refractivity contribution is -0.171. The lowest BCUT2D eigenvalue weighted by atomic mass is 9.87. The number of esters is 1. The van der Waals surface area contributed by atoms with Crippen molar-refractivity contribution in [2.24, 2.45) is 5.41 Å². The Morgan fingerprint density at radius 3 is 2.45 bits per heavy atom. The summed E-state index contributed by atoms with van der Waals surface area (Å²) in [7, 11) is 1.65. The number of carbonyl (C=O) groups is 1. The highest BCUT2D eigenvalue weighted by Crippen LogP contribution is 2.35. The first-order valence-corrected chi connectivity index (χ1v) is 7.96. The number of nitrogens with one attached hydrogen (secondary N) is 1. The monoisotopic (exact) mass is 305 g/mol. The first-order valence-electron chi connectivity index (χ1n) is 7.96. The summed E-state index contributed by atoms with van der Waals surface area (Å²) >= 11 is 0. The van der Waals surface area contributed by atoms with Gasteiger partial charge in [0.05, 0.1) is 12.5 Å². The number of rotatable bonds is 3. The zero-order valence-electron chi connectivity index (χ0n) is 14.1. The fraction of sp³-hybridized carbons (Fsp3) is 0.611. The Bertz CT molecular complexity index is 494. The third-order valence-electron chi connectivity index (χ3n) is 4.11. The Morgan fingerprint density at radius 1 is 1.18 bits per heavy atom. The van der Waals surface area contributed by atoms with Crippen molar-refractivity contribution in [1.82, 2.24) is 5.32 Å². The van der Waals surface area contributed by atoms with E-state index in [2.05, 4.69) is 5.32 Å². The van der Waals surface area contributed by atoms with Crippen molar-refractivity contribution in [1.29, 1.82) is 0 Å².